The molecule has 124 valence electrons. The molecule has 0 aromatic carbocycles. The Balaban J connectivity index is 1.56. The topological polar surface area (TPSA) is 40.6 Å². The molecule has 1 amide bonds. The van der Waals surface area contributed by atoms with Gasteiger partial charge in [-0.25, -0.2) is 0 Å². The van der Waals surface area contributed by atoms with E-state index in [0.29, 0.717) is 30.2 Å². The number of Topliss-reactive ketones (excluding diaryl/α,β-unsaturated/α-hetero) is 1. The zero-order valence-corrected chi connectivity index (χ0v) is 14.5. The van der Waals surface area contributed by atoms with Crippen LogP contribution >= 0.6 is 0 Å². The number of fused-ring (bicyclic) bond motifs is 1. The van der Waals surface area contributed by atoms with Gasteiger partial charge in [0.05, 0.1) is 5.41 Å². The van der Waals surface area contributed by atoms with E-state index in [1.54, 1.807) is 0 Å². The Bertz CT molecular complexity index is 466. The lowest BCUT2D eigenvalue weighted by atomic mass is 9.91. The number of carbonyl (C=O) groups is 2. The summed E-state index contributed by atoms with van der Waals surface area (Å²) in [4.78, 5) is 29.7. The first kappa shape index (κ1) is 16.0. The summed E-state index contributed by atoms with van der Waals surface area (Å²) in [6.07, 6.45) is 2.96. The molecule has 0 spiro atoms. The van der Waals surface area contributed by atoms with Crippen LogP contribution in [-0.4, -0.2) is 53.7 Å². The van der Waals surface area contributed by atoms with E-state index in [4.69, 9.17) is 0 Å². The van der Waals surface area contributed by atoms with Crippen molar-refractivity contribution in [1.82, 2.24) is 9.80 Å². The highest BCUT2D eigenvalue weighted by atomic mass is 16.2. The van der Waals surface area contributed by atoms with Crippen molar-refractivity contribution in [1.29, 1.82) is 0 Å². The number of rotatable bonds is 4. The molecule has 3 rings (SSSR count). The van der Waals surface area contributed by atoms with Crippen LogP contribution in [0.5, 0.6) is 0 Å². The predicted octanol–water partition coefficient (Wildman–Crippen LogP) is 2.18. The number of amides is 1. The second-order valence-corrected chi connectivity index (χ2v) is 8.20. The molecule has 0 aromatic heterocycles. The summed E-state index contributed by atoms with van der Waals surface area (Å²) < 4.78 is 0. The van der Waals surface area contributed by atoms with Crippen LogP contribution in [-0.2, 0) is 9.59 Å². The normalized spacial score (nSPS) is 32.6. The van der Waals surface area contributed by atoms with Crippen LogP contribution in [0.25, 0.3) is 0 Å². The molecule has 2 atom stereocenters. The van der Waals surface area contributed by atoms with Gasteiger partial charge in [0.1, 0.15) is 5.78 Å². The smallest absolute Gasteiger partial charge is 0.225 e. The number of hydrogen-bond acceptors (Lipinski definition) is 3. The molecule has 0 aromatic rings. The van der Waals surface area contributed by atoms with Gasteiger partial charge in [0.15, 0.2) is 0 Å². The quantitative estimate of drug-likeness (QED) is 0.799. The second kappa shape index (κ2) is 5.63. The van der Waals surface area contributed by atoms with Crippen molar-refractivity contribution >= 4 is 11.7 Å². The van der Waals surface area contributed by atoms with Crippen LogP contribution in [0.2, 0.25) is 0 Å². The summed E-state index contributed by atoms with van der Waals surface area (Å²) in [5.74, 6) is 1.41. The molecule has 4 heteroatoms. The van der Waals surface area contributed by atoms with Crippen LogP contribution in [0.15, 0.2) is 0 Å². The van der Waals surface area contributed by atoms with E-state index in [-0.39, 0.29) is 17.3 Å². The predicted molar refractivity (Wildman–Crippen MR) is 86.4 cm³/mol. The minimum atomic E-state index is -0.164. The maximum Gasteiger partial charge on any atom is 0.225 e. The van der Waals surface area contributed by atoms with Crippen molar-refractivity contribution < 1.29 is 9.59 Å². The fourth-order valence-corrected chi connectivity index (χ4v) is 4.53. The van der Waals surface area contributed by atoms with Crippen molar-refractivity contribution in [2.24, 2.45) is 23.2 Å². The van der Waals surface area contributed by atoms with Gasteiger partial charge in [-0.2, -0.15) is 0 Å². The van der Waals surface area contributed by atoms with Gasteiger partial charge in [-0.05, 0) is 52.1 Å². The Morgan fingerprint density at radius 3 is 2.27 bits per heavy atom. The van der Waals surface area contributed by atoms with E-state index in [9.17, 15) is 9.59 Å². The first-order valence-corrected chi connectivity index (χ1v) is 8.92. The highest BCUT2D eigenvalue weighted by molar-refractivity contribution is 5.92. The molecule has 0 radical (unpaired) electrons. The molecular formula is C18H30N2O2. The number of carbonyl (C=O) groups excluding carboxylic acids is 2. The zero-order chi connectivity index (χ0) is 16.1. The first-order valence-electron chi connectivity index (χ1n) is 8.92. The minimum Gasteiger partial charge on any atom is -0.341 e. The van der Waals surface area contributed by atoms with E-state index < -0.39 is 0 Å². The molecule has 2 heterocycles. The van der Waals surface area contributed by atoms with Crippen molar-refractivity contribution in [3.63, 3.8) is 0 Å². The maximum absolute atomic E-state index is 12.8. The third kappa shape index (κ3) is 2.60. The third-order valence-electron chi connectivity index (χ3n) is 6.08. The molecule has 2 aliphatic heterocycles. The average molecular weight is 306 g/mol. The van der Waals surface area contributed by atoms with Crippen LogP contribution in [0.4, 0.5) is 0 Å². The summed E-state index contributed by atoms with van der Waals surface area (Å²) >= 11 is 0. The number of likely N-dealkylation sites (tertiary alicyclic amines) is 2. The number of ketones is 1. The molecule has 3 fully saturated rings. The van der Waals surface area contributed by atoms with E-state index in [0.717, 1.165) is 38.9 Å². The maximum atomic E-state index is 12.8. The van der Waals surface area contributed by atoms with Gasteiger partial charge in [0, 0.05) is 31.0 Å². The lowest BCUT2D eigenvalue weighted by Gasteiger charge is -2.35. The van der Waals surface area contributed by atoms with Gasteiger partial charge < -0.3 is 9.80 Å². The molecule has 2 saturated heterocycles. The second-order valence-electron chi connectivity index (χ2n) is 8.20. The summed E-state index contributed by atoms with van der Waals surface area (Å²) in [6.45, 7) is 12.0. The van der Waals surface area contributed by atoms with E-state index >= 15 is 0 Å². The monoisotopic (exact) mass is 306 g/mol. The van der Waals surface area contributed by atoms with Crippen molar-refractivity contribution in [2.75, 3.05) is 26.2 Å². The van der Waals surface area contributed by atoms with Gasteiger partial charge in [-0.1, -0.05) is 13.8 Å². The van der Waals surface area contributed by atoms with Crippen LogP contribution in [0.1, 0.15) is 47.0 Å². The van der Waals surface area contributed by atoms with Gasteiger partial charge >= 0.3 is 0 Å². The van der Waals surface area contributed by atoms with Gasteiger partial charge in [-0.15, -0.1) is 0 Å². The number of nitrogens with zero attached hydrogens (tertiary/aromatic N) is 2. The molecule has 1 aliphatic carbocycles. The highest BCUT2D eigenvalue weighted by Gasteiger charge is 2.65. The van der Waals surface area contributed by atoms with Crippen LogP contribution in [0.3, 0.4) is 0 Å². The van der Waals surface area contributed by atoms with E-state index in [2.05, 4.69) is 18.7 Å². The molecule has 22 heavy (non-hydrogen) atoms. The molecule has 4 nitrogen and oxygen atoms in total. The highest BCUT2D eigenvalue weighted by Crippen LogP contribution is 2.59. The van der Waals surface area contributed by atoms with Crippen molar-refractivity contribution in [3.05, 3.63) is 0 Å². The Kier molecular flexibility index (Phi) is 4.09. The van der Waals surface area contributed by atoms with Gasteiger partial charge in [-0.3, -0.25) is 9.59 Å². The summed E-state index contributed by atoms with van der Waals surface area (Å²) in [6, 6.07) is 0.572. The minimum absolute atomic E-state index is 0.0920. The fourth-order valence-electron chi connectivity index (χ4n) is 4.53. The Morgan fingerprint density at radius 2 is 1.73 bits per heavy atom. The Labute approximate surface area is 134 Å². The molecular weight excluding hydrogens is 276 g/mol. The van der Waals surface area contributed by atoms with Gasteiger partial charge in [0.25, 0.3) is 0 Å². The molecule has 0 N–H and O–H groups in total. The van der Waals surface area contributed by atoms with E-state index in [1.165, 1.54) is 0 Å². The molecule has 3 aliphatic rings. The lowest BCUT2D eigenvalue weighted by Crippen LogP contribution is -2.45. The SMILES string of the molecule is CC(C)C(=O)C12CC1CN(C(=O)C1CCN(C(C)C)CC1)C2. The third-order valence-corrected chi connectivity index (χ3v) is 6.08. The standard InChI is InChI=1S/C18H30N2O2/c1-12(2)16(21)18-9-15(18)10-20(11-18)17(22)14-5-7-19(8-6-14)13(3)4/h12-15H,5-11H2,1-4H3. The van der Waals surface area contributed by atoms with Crippen molar-refractivity contribution in [2.45, 2.75) is 53.0 Å². The van der Waals surface area contributed by atoms with E-state index in [1.807, 2.05) is 18.7 Å². The number of hydrogen-bond donors (Lipinski definition) is 0. The Morgan fingerprint density at radius 1 is 1.09 bits per heavy atom. The zero-order valence-electron chi connectivity index (χ0n) is 14.5. The van der Waals surface area contributed by atoms with Crippen LogP contribution < -0.4 is 0 Å². The first-order chi connectivity index (χ1) is 10.3. The van der Waals surface area contributed by atoms with Crippen LogP contribution in [0, 0.1) is 23.2 Å². The Hall–Kier alpha value is -0.900. The molecule has 0 bridgehead atoms. The molecule has 1 saturated carbocycles. The summed E-state index contributed by atoms with van der Waals surface area (Å²) in [7, 11) is 0. The fraction of sp³-hybridized carbons (Fsp3) is 0.889. The lowest BCUT2D eigenvalue weighted by molar-refractivity contribution is -0.137. The number of piperidine rings is 2. The van der Waals surface area contributed by atoms with Gasteiger partial charge in [0.2, 0.25) is 5.91 Å². The summed E-state index contributed by atoms with van der Waals surface area (Å²) in [5.41, 5.74) is -0.164. The van der Waals surface area contributed by atoms with Crippen molar-refractivity contribution in [3.8, 4) is 0 Å². The largest absolute Gasteiger partial charge is 0.341 e. The summed E-state index contributed by atoms with van der Waals surface area (Å²) in [5, 5.41) is 0. The molecule has 2 unspecified atom stereocenters. The average Bonchev–Trinajstić information content (AvgIpc) is 3.07.